The van der Waals surface area contributed by atoms with Crippen molar-refractivity contribution in [2.24, 2.45) is 11.5 Å². The lowest BCUT2D eigenvalue weighted by Crippen LogP contribution is -2.20. The fourth-order valence-electron chi connectivity index (χ4n) is 1.13. The number of hydrogen-bond donors (Lipinski definition) is 3. The molecule has 6 heteroatoms. The molecular formula is C9H10I2N2O2. The average molecular weight is 432 g/mol. The van der Waals surface area contributed by atoms with Crippen LogP contribution in [0.2, 0.25) is 0 Å². The molecule has 0 aromatic heterocycles. The number of halogens is 2. The second kappa shape index (κ2) is 5.30. The molecule has 0 fully saturated rings. The number of aromatic hydroxyl groups is 1. The summed E-state index contributed by atoms with van der Waals surface area (Å²) in [4.78, 5) is 10.7. The van der Waals surface area contributed by atoms with E-state index in [4.69, 9.17) is 11.5 Å². The molecule has 1 aromatic carbocycles. The maximum absolute atomic E-state index is 10.7. The van der Waals surface area contributed by atoms with E-state index in [1.165, 1.54) is 0 Å². The molecule has 1 unspecified atom stereocenters. The lowest BCUT2D eigenvalue weighted by atomic mass is 10.0. The zero-order chi connectivity index (χ0) is 11.6. The lowest BCUT2D eigenvalue weighted by Gasteiger charge is -2.12. The van der Waals surface area contributed by atoms with E-state index in [1.807, 2.05) is 45.2 Å². The first kappa shape index (κ1) is 13.0. The standard InChI is InChI=1S/C9H10I2N2O2/c10-5-1-4(2-6(11)9(5)15)7(12)3-8(13)14/h1-2,7,15H,3,12H2,(H2,13,14). The van der Waals surface area contributed by atoms with Gasteiger partial charge in [0.15, 0.2) is 0 Å². The maximum Gasteiger partial charge on any atom is 0.219 e. The van der Waals surface area contributed by atoms with Gasteiger partial charge in [-0.15, -0.1) is 0 Å². The number of nitrogens with two attached hydrogens (primary N) is 2. The van der Waals surface area contributed by atoms with Crippen molar-refractivity contribution in [2.45, 2.75) is 12.5 Å². The van der Waals surface area contributed by atoms with E-state index in [2.05, 4.69) is 0 Å². The van der Waals surface area contributed by atoms with Crippen molar-refractivity contribution in [3.05, 3.63) is 24.8 Å². The number of hydrogen-bond acceptors (Lipinski definition) is 3. The monoisotopic (exact) mass is 432 g/mol. The van der Waals surface area contributed by atoms with Crippen molar-refractivity contribution in [3.63, 3.8) is 0 Å². The van der Waals surface area contributed by atoms with E-state index in [9.17, 15) is 9.90 Å². The topological polar surface area (TPSA) is 89.3 Å². The van der Waals surface area contributed by atoms with Gasteiger partial charge in [-0.2, -0.15) is 0 Å². The Hall–Kier alpha value is -0.0900. The summed E-state index contributed by atoms with van der Waals surface area (Å²) in [5.74, 6) is -0.188. The molecule has 15 heavy (non-hydrogen) atoms. The minimum Gasteiger partial charge on any atom is -0.506 e. The van der Waals surface area contributed by atoms with Gasteiger partial charge in [0.25, 0.3) is 0 Å². The molecule has 4 nitrogen and oxygen atoms in total. The lowest BCUT2D eigenvalue weighted by molar-refractivity contribution is -0.118. The smallest absolute Gasteiger partial charge is 0.219 e. The van der Waals surface area contributed by atoms with E-state index in [-0.39, 0.29) is 12.2 Å². The Morgan fingerprint density at radius 2 is 1.87 bits per heavy atom. The van der Waals surface area contributed by atoms with E-state index >= 15 is 0 Å². The van der Waals surface area contributed by atoms with Gasteiger partial charge < -0.3 is 16.6 Å². The van der Waals surface area contributed by atoms with Gasteiger partial charge in [-0.05, 0) is 62.9 Å². The maximum atomic E-state index is 10.7. The molecule has 5 N–H and O–H groups in total. The number of carbonyl (C=O) groups excluding carboxylic acids is 1. The fourth-order valence-corrected chi connectivity index (χ4v) is 2.95. The Morgan fingerprint density at radius 1 is 1.40 bits per heavy atom. The minimum absolute atomic E-state index is 0.108. The van der Waals surface area contributed by atoms with E-state index in [0.717, 1.165) is 12.7 Å². The zero-order valence-corrected chi connectivity index (χ0v) is 12.0. The molecule has 0 saturated carbocycles. The highest BCUT2D eigenvalue weighted by molar-refractivity contribution is 14.1. The van der Waals surface area contributed by atoms with Crippen LogP contribution in [0.5, 0.6) is 5.75 Å². The highest BCUT2D eigenvalue weighted by Crippen LogP contribution is 2.29. The van der Waals surface area contributed by atoms with Crippen LogP contribution in [-0.4, -0.2) is 11.0 Å². The number of rotatable bonds is 3. The van der Waals surface area contributed by atoms with Crippen molar-refractivity contribution < 1.29 is 9.90 Å². The number of phenols is 1. The molecule has 1 atom stereocenters. The second-order valence-electron chi connectivity index (χ2n) is 3.11. The molecule has 0 aliphatic heterocycles. The summed E-state index contributed by atoms with van der Waals surface area (Å²) < 4.78 is 1.43. The van der Waals surface area contributed by atoms with Crippen LogP contribution >= 0.6 is 45.2 Å². The number of carbonyl (C=O) groups is 1. The van der Waals surface area contributed by atoms with Crippen molar-refractivity contribution in [3.8, 4) is 5.75 Å². The largest absolute Gasteiger partial charge is 0.506 e. The zero-order valence-electron chi connectivity index (χ0n) is 7.71. The first-order valence-electron chi connectivity index (χ1n) is 4.13. The summed E-state index contributed by atoms with van der Waals surface area (Å²) in [7, 11) is 0. The van der Waals surface area contributed by atoms with Crippen LogP contribution in [0.15, 0.2) is 12.1 Å². The third-order valence-electron chi connectivity index (χ3n) is 1.89. The predicted octanol–water partition coefficient (Wildman–Crippen LogP) is 1.48. The Morgan fingerprint density at radius 3 is 2.27 bits per heavy atom. The third kappa shape index (κ3) is 3.45. The third-order valence-corrected chi connectivity index (χ3v) is 3.53. The SMILES string of the molecule is NC(=O)CC(N)c1cc(I)c(O)c(I)c1. The Labute approximate surface area is 115 Å². The summed E-state index contributed by atoms with van der Waals surface area (Å²) in [6.45, 7) is 0. The molecular weight excluding hydrogens is 422 g/mol. The molecule has 0 heterocycles. The van der Waals surface area contributed by atoms with Crippen molar-refractivity contribution >= 4 is 51.1 Å². The van der Waals surface area contributed by atoms with Crippen LogP contribution in [0.4, 0.5) is 0 Å². The van der Waals surface area contributed by atoms with Crippen LogP contribution in [0.25, 0.3) is 0 Å². The normalized spacial score (nSPS) is 12.5. The molecule has 0 spiro atoms. The highest BCUT2D eigenvalue weighted by Gasteiger charge is 2.13. The van der Waals surface area contributed by atoms with Gasteiger partial charge in [-0.25, -0.2) is 0 Å². The van der Waals surface area contributed by atoms with Crippen LogP contribution in [0.3, 0.4) is 0 Å². The van der Waals surface area contributed by atoms with Crippen LogP contribution < -0.4 is 11.5 Å². The number of benzene rings is 1. The summed E-state index contributed by atoms with van der Waals surface area (Å²) in [5.41, 5.74) is 11.7. The molecule has 1 aromatic rings. The van der Waals surface area contributed by atoms with Gasteiger partial charge in [-0.3, -0.25) is 4.79 Å². The van der Waals surface area contributed by atoms with E-state index in [1.54, 1.807) is 12.1 Å². The summed E-state index contributed by atoms with van der Waals surface area (Å²) in [6, 6.07) is 3.10. The van der Waals surface area contributed by atoms with Gasteiger partial charge in [-0.1, -0.05) is 0 Å². The van der Waals surface area contributed by atoms with Crippen LogP contribution in [0, 0.1) is 7.14 Å². The van der Waals surface area contributed by atoms with Gasteiger partial charge in [0.1, 0.15) is 5.75 Å². The number of primary amides is 1. The quantitative estimate of drug-likeness (QED) is 0.633. The Bertz CT molecular complexity index is 373. The van der Waals surface area contributed by atoms with Gasteiger partial charge in [0.05, 0.1) is 7.14 Å². The first-order valence-corrected chi connectivity index (χ1v) is 6.29. The molecule has 0 aliphatic carbocycles. The predicted molar refractivity (Wildman–Crippen MR) is 74.3 cm³/mol. The van der Waals surface area contributed by atoms with Crippen molar-refractivity contribution in [1.29, 1.82) is 0 Å². The fraction of sp³-hybridized carbons (Fsp3) is 0.222. The average Bonchev–Trinajstić information content (AvgIpc) is 2.12. The van der Waals surface area contributed by atoms with E-state index in [0.29, 0.717) is 0 Å². The second-order valence-corrected chi connectivity index (χ2v) is 5.43. The molecule has 0 aliphatic rings. The molecule has 1 amide bonds. The van der Waals surface area contributed by atoms with Crippen LogP contribution in [-0.2, 0) is 4.79 Å². The Kier molecular flexibility index (Phi) is 4.59. The molecule has 82 valence electrons. The van der Waals surface area contributed by atoms with Crippen molar-refractivity contribution in [1.82, 2.24) is 0 Å². The van der Waals surface area contributed by atoms with Crippen LogP contribution in [0.1, 0.15) is 18.0 Å². The summed E-state index contributed by atoms with van der Waals surface area (Å²) >= 11 is 4.03. The molecule has 0 bridgehead atoms. The van der Waals surface area contributed by atoms with E-state index < -0.39 is 11.9 Å². The molecule has 0 saturated heterocycles. The van der Waals surface area contributed by atoms with Gasteiger partial charge >= 0.3 is 0 Å². The minimum atomic E-state index is -0.430. The highest BCUT2D eigenvalue weighted by atomic mass is 127. The summed E-state index contributed by atoms with van der Waals surface area (Å²) in [6.07, 6.45) is 0.108. The van der Waals surface area contributed by atoms with Gasteiger partial charge in [0.2, 0.25) is 5.91 Å². The van der Waals surface area contributed by atoms with Gasteiger partial charge in [0, 0.05) is 12.5 Å². The Balaban J connectivity index is 3.00. The molecule has 0 radical (unpaired) electrons. The number of amides is 1. The number of phenolic OH excluding ortho intramolecular Hbond substituents is 1. The molecule has 1 rings (SSSR count). The van der Waals surface area contributed by atoms with Crippen molar-refractivity contribution in [2.75, 3.05) is 0 Å². The first-order chi connectivity index (χ1) is 6.91. The summed E-state index contributed by atoms with van der Waals surface area (Å²) in [5, 5.41) is 9.55.